The van der Waals surface area contributed by atoms with E-state index in [2.05, 4.69) is 5.32 Å². The smallest absolute Gasteiger partial charge is 0.134 e. The molecule has 1 atom stereocenters. The van der Waals surface area contributed by atoms with Crippen molar-refractivity contribution in [1.29, 1.82) is 0 Å². The molecule has 1 aromatic rings. The minimum atomic E-state index is -0.00523. The number of hydrogen-bond donors (Lipinski definition) is 2. The molecule has 1 fully saturated rings. The van der Waals surface area contributed by atoms with Gasteiger partial charge in [-0.3, -0.25) is 5.32 Å². The summed E-state index contributed by atoms with van der Waals surface area (Å²) >= 11 is 0. The van der Waals surface area contributed by atoms with E-state index in [4.69, 9.17) is 9.84 Å². The third-order valence-corrected chi connectivity index (χ3v) is 2.13. The summed E-state index contributed by atoms with van der Waals surface area (Å²) in [5.74, 6) is 0.291. The highest BCUT2D eigenvalue weighted by Crippen LogP contribution is 2.19. The molecule has 1 saturated heterocycles. The van der Waals surface area contributed by atoms with Crippen LogP contribution >= 0.6 is 0 Å². The molecule has 1 aliphatic heterocycles. The van der Waals surface area contributed by atoms with Gasteiger partial charge in [0.15, 0.2) is 0 Å². The Morgan fingerprint density at radius 3 is 2.69 bits per heavy atom. The molecule has 3 nitrogen and oxygen atoms in total. The summed E-state index contributed by atoms with van der Waals surface area (Å²) in [6.45, 7) is 1.80. The Morgan fingerprint density at radius 1 is 1.31 bits per heavy atom. The molecule has 0 aromatic heterocycles. The van der Waals surface area contributed by atoms with Gasteiger partial charge in [-0.1, -0.05) is 12.1 Å². The fourth-order valence-electron chi connectivity index (χ4n) is 1.43. The average molecular weight is 179 g/mol. The molecule has 0 aliphatic carbocycles. The lowest BCUT2D eigenvalue weighted by molar-refractivity contribution is -0.000330. The van der Waals surface area contributed by atoms with Crippen molar-refractivity contribution in [3.63, 3.8) is 0 Å². The summed E-state index contributed by atoms with van der Waals surface area (Å²) in [6, 6.07) is 7.10. The Bertz CT molecular complexity index is 265. The first-order valence-electron chi connectivity index (χ1n) is 4.50. The summed E-state index contributed by atoms with van der Waals surface area (Å²) in [4.78, 5) is 0. The number of phenolic OH excluding ortho intramolecular Hbond substituents is 1. The lowest BCUT2D eigenvalue weighted by Gasteiger charge is -2.24. The summed E-state index contributed by atoms with van der Waals surface area (Å²) < 4.78 is 5.51. The van der Waals surface area contributed by atoms with Crippen molar-refractivity contribution in [1.82, 2.24) is 5.32 Å². The molecule has 70 valence electrons. The first-order valence-corrected chi connectivity index (χ1v) is 4.50. The Labute approximate surface area is 77.3 Å². The average Bonchev–Trinajstić information content (AvgIpc) is 2.20. The molecule has 1 heterocycles. The van der Waals surface area contributed by atoms with Gasteiger partial charge in [0.2, 0.25) is 0 Å². The molecule has 2 N–H and O–H groups in total. The van der Waals surface area contributed by atoms with Crippen molar-refractivity contribution < 1.29 is 9.84 Å². The van der Waals surface area contributed by atoms with Crippen molar-refractivity contribution in [3.8, 4) is 5.75 Å². The third kappa shape index (κ3) is 1.99. The van der Waals surface area contributed by atoms with E-state index in [-0.39, 0.29) is 6.23 Å². The maximum atomic E-state index is 9.09. The molecule has 0 bridgehead atoms. The standard InChI is InChI=1S/C10H13NO2/c12-9-4-2-8(3-5-9)10-11-6-1-7-13-10/h2-5,10-12H,1,6-7H2. The zero-order valence-electron chi connectivity index (χ0n) is 7.36. The fraction of sp³-hybridized carbons (Fsp3) is 0.400. The summed E-state index contributed by atoms with van der Waals surface area (Å²) in [5.41, 5.74) is 1.07. The van der Waals surface area contributed by atoms with E-state index in [1.165, 1.54) is 0 Å². The van der Waals surface area contributed by atoms with E-state index in [9.17, 15) is 0 Å². The number of hydrogen-bond acceptors (Lipinski definition) is 3. The Kier molecular flexibility index (Phi) is 2.47. The predicted molar refractivity (Wildman–Crippen MR) is 49.4 cm³/mol. The third-order valence-electron chi connectivity index (χ3n) is 2.13. The van der Waals surface area contributed by atoms with Gasteiger partial charge in [0.05, 0.1) is 6.61 Å². The normalized spacial score (nSPS) is 22.9. The highest BCUT2D eigenvalue weighted by Gasteiger charge is 2.14. The van der Waals surface area contributed by atoms with Gasteiger partial charge < -0.3 is 9.84 Å². The summed E-state index contributed by atoms with van der Waals surface area (Å²) in [6.07, 6.45) is 1.06. The van der Waals surface area contributed by atoms with Gasteiger partial charge in [-0.2, -0.15) is 0 Å². The molecule has 0 amide bonds. The minimum absolute atomic E-state index is 0.00523. The monoisotopic (exact) mass is 179 g/mol. The van der Waals surface area contributed by atoms with Crippen molar-refractivity contribution in [3.05, 3.63) is 29.8 Å². The van der Waals surface area contributed by atoms with Crippen molar-refractivity contribution >= 4 is 0 Å². The van der Waals surface area contributed by atoms with Crippen LogP contribution in [0.4, 0.5) is 0 Å². The number of rotatable bonds is 1. The van der Waals surface area contributed by atoms with Crippen molar-refractivity contribution in [2.24, 2.45) is 0 Å². The second-order valence-corrected chi connectivity index (χ2v) is 3.15. The lowest BCUT2D eigenvalue weighted by Crippen LogP contribution is -2.30. The SMILES string of the molecule is Oc1ccc(C2NCCCO2)cc1. The molecule has 0 radical (unpaired) electrons. The van der Waals surface area contributed by atoms with E-state index < -0.39 is 0 Å². The van der Waals surface area contributed by atoms with E-state index in [0.29, 0.717) is 5.75 Å². The maximum absolute atomic E-state index is 9.09. The van der Waals surface area contributed by atoms with Gasteiger partial charge in [0.1, 0.15) is 12.0 Å². The maximum Gasteiger partial charge on any atom is 0.134 e. The Morgan fingerprint density at radius 2 is 2.08 bits per heavy atom. The van der Waals surface area contributed by atoms with Crippen LogP contribution in [-0.4, -0.2) is 18.3 Å². The van der Waals surface area contributed by atoms with Crippen LogP contribution in [0.2, 0.25) is 0 Å². The van der Waals surface area contributed by atoms with Crippen LogP contribution < -0.4 is 5.32 Å². The van der Waals surface area contributed by atoms with Crippen LogP contribution in [0.25, 0.3) is 0 Å². The Hall–Kier alpha value is -1.06. The van der Waals surface area contributed by atoms with Gasteiger partial charge in [0.25, 0.3) is 0 Å². The zero-order valence-corrected chi connectivity index (χ0v) is 7.36. The number of nitrogens with one attached hydrogen (secondary N) is 1. The van der Waals surface area contributed by atoms with Crippen LogP contribution in [0.1, 0.15) is 18.2 Å². The summed E-state index contributed by atoms with van der Waals surface area (Å²) in [5, 5.41) is 12.3. The molecule has 0 spiro atoms. The molecular weight excluding hydrogens is 166 g/mol. The molecule has 2 rings (SSSR count). The van der Waals surface area contributed by atoms with Gasteiger partial charge in [-0.15, -0.1) is 0 Å². The first kappa shape index (κ1) is 8.53. The highest BCUT2D eigenvalue weighted by atomic mass is 16.5. The molecule has 1 unspecified atom stereocenters. The van der Waals surface area contributed by atoms with Gasteiger partial charge in [-0.05, 0) is 24.1 Å². The number of benzene rings is 1. The van der Waals surface area contributed by atoms with Gasteiger partial charge >= 0.3 is 0 Å². The van der Waals surface area contributed by atoms with Crippen LogP contribution in [0.3, 0.4) is 0 Å². The largest absolute Gasteiger partial charge is 0.508 e. The number of ether oxygens (including phenoxy) is 1. The molecule has 1 aromatic carbocycles. The number of phenols is 1. The molecule has 3 heteroatoms. The second kappa shape index (κ2) is 3.77. The molecule has 0 saturated carbocycles. The second-order valence-electron chi connectivity index (χ2n) is 3.15. The van der Waals surface area contributed by atoms with Gasteiger partial charge in [0, 0.05) is 6.54 Å². The Balaban J connectivity index is 2.10. The first-order chi connectivity index (χ1) is 6.36. The van der Waals surface area contributed by atoms with Gasteiger partial charge in [-0.25, -0.2) is 0 Å². The topological polar surface area (TPSA) is 41.5 Å². The van der Waals surface area contributed by atoms with Crippen LogP contribution in [0.15, 0.2) is 24.3 Å². The predicted octanol–water partition coefficient (Wildman–Crippen LogP) is 1.40. The van der Waals surface area contributed by atoms with E-state index in [0.717, 1.165) is 25.1 Å². The van der Waals surface area contributed by atoms with E-state index in [1.807, 2.05) is 12.1 Å². The number of aromatic hydroxyl groups is 1. The molecular formula is C10H13NO2. The van der Waals surface area contributed by atoms with Crippen molar-refractivity contribution in [2.75, 3.05) is 13.2 Å². The van der Waals surface area contributed by atoms with E-state index in [1.54, 1.807) is 12.1 Å². The lowest BCUT2D eigenvalue weighted by atomic mass is 10.1. The molecule has 1 aliphatic rings. The van der Waals surface area contributed by atoms with Crippen LogP contribution in [0, 0.1) is 0 Å². The van der Waals surface area contributed by atoms with Crippen LogP contribution in [-0.2, 0) is 4.74 Å². The van der Waals surface area contributed by atoms with Crippen LogP contribution in [0.5, 0.6) is 5.75 Å². The fourth-order valence-corrected chi connectivity index (χ4v) is 1.43. The minimum Gasteiger partial charge on any atom is -0.508 e. The van der Waals surface area contributed by atoms with Crippen molar-refractivity contribution in [2.45, 2.75) is 12.6 Å². The summed E-state index contributed by atoms with van der Waals surface area (Å²) in [7, 11) is 0. The van der Waals surface area contributed by atoms with E-state index >= 15 is 0 Å². The quantitative estimate of drug-likeness (QED) is 0.684. The highest BCUT2D eigenvalue weighted by molar-refractivity contribution is 5.27. The molecule has 13 heavy (non-hydrogen) atoms. The zero-order chi connectivity index (χ0) is 9.10.